The van der Waals surface area contributed by atoms with Gasteiger partial charge in [-0.1, -0.05) is 23.7 Å². The number of hydrogen-bond donors (Lipinski definition) is 0. The molecule has 0 amide bonds. The van der Waals surface area contributed by atoms with Crippen molar-refractivity contribution in [2.45, 2.75) is 6.92 Å². The molecule has 1 aromatic carbocycles. The molecule has 0 saturated carbocycles. The SMILES string of the molecule is Cc1cnc(F)cc1-c1cccc(Cl)c1. The first-order valence-electron chi connectivity index (χ1n) is 4.55. The Morgan fingerprint density at radius 1 is 1.27 bits per heavy atom. The van der Waals surface area contributed by atoms with Crippen molar-refractivity contribution < 1.29 is 4.39 Å². The summed E-state index contributed by atoms with van der Waals surface area (Å²) in [5, 5.41) is 0.643. The van der Waals surface area contributed by atoms with Crippen LogP contribution < -0.4 is 0 Å². The topological polar surface area (TPSA) is 12.9 Å². The molecular weight excluding hydrogens is 213 g/mol. The highest BCUT2D eigenvalue weighted by atomic mass is 35.5. The number of nitrogens with zero attached hydrogens (tertiary/aromatic N) is 1. The quantitative estimate of drug-likeness (QED) is 0.667. The zero-order chi connectivity index (χ0) is 10.8. The summed E-state index contributed by atoms with van der Waals surface area (Å²) in [6.07, 6.45) is 1.52. The third-order valence-corrected chi connectivity index (χ3v) is 2.44. The standard InChI is InChI=1S/C12H9ClFN/c1-8-7-15-12(14)6-11(8)9-3-2-4-10(13)5-9/h2-7H,1H3. The molecule has 0 saturated heterocycles. The largest absolute Gasteiger partial charge is 0.228 e. The summed E-state index contributed by atoms with van der Waals surface area (Å²) in [5.41, 5.74) is 2.66. The molecule has 0 unspecified atom stereocenters. The Bertz CT molecular complexity index is 497. The van der Waals surface area contributed by atoms with E-state index in [-0.39, 0.29) is 0 Å². The van der Waals surface area contributed by atoms with Gasteiger partial charge in [0.25, 0.3) is 0 Å². The predicted octanol–water partition coefficient (Wildman–Crippen LogP) is 3.85. The molecule has 15 heavy (non-hydrogen) atoms. The highest BCUT2D eigenvalue weighted by Crippen LogP contribution is 2.25. The van der Waals surface area contributed by atoms with Crippen molar-refractivity contribution in [1.29, 1.82) is 0 Å². The Labute approximate surface area is 92.5 Å². The van der Waals surface area contributed by atoms with Crippen LogP contribution in [0.1, 0.15) is 5.56 Å². The van der Waals surface area contributed by atoms with E-state index in [1.54, 1.807) is 6.07 Å². The van der Waals surface area contributed by atoms with E-state index >= 15 is 0 Å². The van der Waals surface area contributed by atoms with Crippen LogP contribution in [0.3, 0.4) is 0 Å². The minimum Gasteiger partial charge on any atom is -0.228 e. The lowest BCUT2D eigenvalue weighted by molar-refractivity contribution is 0.583. The molecule has 0 aliphatic rings. The van der Waals surface area contributed by atoms with Crippen molar-refractivity contribution in [3.63, 3.8) is 0 Å². The van der Waals surface area contributed by atoms with Crippen molar-refractivity contribution in [2.75, 3.05) is 0 Å². The van der Waals surface area contributed by atoms with Gasteiger partial charge in [-0.2, -0.15) is 4.39 Å². The highest BCUT2D eigenvalue weighted by molar-refractivity contribution is 6.30. The van der Waals surface area contributed by atoms with E-state index in [0.29, 0.717) is 5.02 Å². The van der Waals surface area contributed by atoms with E-state index in [1.807, 2.05) is 25.1 Å². The molecule has 1 nitrogen and oxygen atoms in total. The first kappa shape index (κ1) is 10.1. The lowest BCUT2D eigenvalue weighted by atomic mass is 10.0. The summed E-state index contributed by atoms with van der Waals surface area (Å²) in [6, 6.07) is 8.76. The Morgan fingerprint density at radius 2 is 2.07 bits per heavy atom. The molecule has 0 atom stereocenters. The van der Waals surface area contributed by atoms with Crippen LogP contribution in [0.4, 0.5) is 4.39 Å². The molecule has 1 aromatic heterocycles. The van der Waals surface area contributed by atoms with Crippen LogP contribution in [0.5, 0.6) is 0 Å². The minimum atomic E-state index is -0.476. The third kappa shape index (κ3) is 2.16. The number of aryl methyl sites for hydroxylation is 1. The monoisotopic (exact) mass is 221 g/mol. The summed E-state index contributed by atoms with van der Waals surface area (Å²) >= 11 is 5.88. The van der Waals surface area contributed by atoms with Crippen molar-refractivity contribution in [3.8, 4) is 11.1 Å². The fourth-order valence-electron chi connectivity index (χ4n) is 1.47. The highest BCUT2D eigenvalue weighted by Gasteiger charge is 2.04. The van der Waals surface area contributed by atoms with E-state index in [9.17, 15) is 4.39 Å². The van der Waals surface area contributed by atoms with Gasteiger partial charge >= 0.3 is 0 Å². The third-order valence-electron chi connectivity index (χ3n) is 2.21. The molecule has 1 heterocycles. The number of pyridine rings is 1. The number of halogens is 2. The second-order valence-corrected chi connectivity index (χ2v) is 3.77. The van der Waals surface area contributed by atoms with Gasteiger partial charge in [0.05, 0.1) is 0 Å². The Morgan fingerprint density at radius 3 is 2.80 bits per heavy atom. The molecule has 3 heteroatoms. The molecule has 0 bridgehead atoms. The van der Waals surface area contributed by atoms with Crippen molar-refractivity contribution >= 4 is 11.6 Å². The number of aromatic nitrogens is 1. The zero-order valence-electron chi connectivity index (χ0n) is 8.17. The summed E-state index contributed by atoms with van der Waals surface area (Å²) in [4.78, 5) is 3.59. The molecule has 0 aliphatic carbocycles. The lowest BCUT2D eigenvalue weighted by Gasteiger charge is -2.05. The van der Waals surface area contributed by atoms with Crippen molar-refractivity contribution in [2.24, 2.45) is 0 Å². The van der Waals surface area contributed by atoms with Gasteiger partial charge in [0.2, 0.25) is 5.95 Å². The van der Waals surface area contributed by atoms with Gasteiger partial charge in [-0.05, 0) is 35.7 Å². The first-order chi connectivity index (χ1) is 7.16. The van der Waals surface area contributed by atoms with Gasteiger partial charge in [0.15, 0.2) is 0 Å². The molecule has 2 aromatic rings. The number of hydrogen-bond acceptors (Lipinski definition) is 1. The Balaban J connectivity index is 2.58. The summed E-state index contributed by atoms with van der Waals surface area (Å²) in [7, 11) is 0. The number of rotatable bonds is 1. The molecule has 0 spiro atoms. The normalized spacial score (nSPS) is 10.3. The van der Waals surface area contributed by atoms with E-state index in [1.165, 1.54) is 12.3 Å². The van der Waals surface area contributed by atoms with Crippen LogP contribution in [-0.2, 0) is 0 Å². The fraction of sp³-hybridized carbons (Fsp3) is 0.0833. The van der Waals surface area contributed by atoms with E-state index in [2.05, 4.69) is 4.98 Å². The van der Waals surface area contributed by atoms with Crippen LogP contribution in [-0.4, -0.2) is 4.98 Å². The van der Waals surface area contributed by atoms with Crippen molar-refractivity contribution in [1.82, 2.24) is 4.98 Å². The van der Waals surface area contributed by atoms with Gasteiger partial charge in [-0.25, -0.2) is 4.98 Å². The smallest absolute Gasteiger partial charge is 0.213 e. The van der Waals surface area contributed by atoms with Gasteiger partial charge in [0, 0.05) is 17.3 Å². The second-order valence-electron chi connectivity index (χ2n) is 3.33. The summed E-state index contributed by atoms with van der Waals surface area (Å²) in [5.74, 6) is -0.476. The van der Waals surface area contributed by atoms with E-state index < -0.39 is 5.95 Å². The van der Waals surface area contributed by atoms with Gasteiger partial charge < -0.3 is 0 Å². The van der Waals surface area contributed by atoms with Crippen LogP contribution in [0.15, 0.2) is 36.5 Å². The number of benzene rings is 1. The van der Waals surface area contributed by atoms with Crippen LogP contribution in [0, 0.1) is 12.9 Å². The van der Waals surface area contributed by atoms with Gasteiger partial charge in [0.1, 0.15) is 0 Å². The minimum absolute atomic E-state index is 0.476. The summed E-state index contributed by atoms with van der Waals surface area (Å²) < 4.78 is 13.0. The Kier molecular flexibility index (Phi) is 2.69. The molecule has 0 fully saturated rings. The van der Waals surface area contributed by atoms with Crippen molar-refractivity contribution in [3.05, 3.63) is 53.1 Å². The molecule has 76 valence electrons. The van der Waals surface area contributed by atoms with Crippen LogP contribution >= 0.6 is 11.6 Å². The summed E-state index contributed by atoms with van der Waals surface area (Å²) in [6.45, 7) is 1.89. The maximum Gasteiger partial charge on any atom is 0.213 e. The van der Waals surface area contributed by atoms with E-state index in [0.717, 1.165) is 16.7 Å². The molecule has 0 N–H and O–H groups in total. The fourth-order valence-corrected chi connectivity index (χ4v) is 1.66. The molecule has 0 radical (unpaired) electrons. The van der Waals surface area contributed by atoms with Crippen LogP contribution in [0.25, 0.3) is 11.1 Å². The van der Waals surface area contributed by atoms with Gasteiger partial charge in [-0.15, -0.1) is 0 Å². The Hall–Kier alpha value is -1.41. The first-order valence-corrected chi connectivity index (χ1v) is 4.93. The maximum absolute atomic E-state index is 13.0. The lowest BCUT2D eigenvalue weighted by Crippen LogP contribution is -1.88. The second kappa shape index (κ2) is 3.99. The van der Waals surface area contributed by atoms with Crippen LogP contribution in [0.2, 0.25) is 5.02 Å². The van der Waals surface area contributed by atoms with E-state index in [4.69, 9.17) is 11.6 Å². The van der Waals surface area contributed by atoms with Gasteiger partial charge in [-0.3, -0.25) is 0 Å². The average Bonchev–Trinajstić information content (AvgIpc) is 2.22. The molecule has 2 rings (SSSR count). The molecular formula is C12H9ClFN. The zero-order valence-corrected chi connectivity index (χ0v) is 8.92. The predicted molar refractivity (Wildman–Crippen MR) is 59.4 cm³/mol. The maximum atomic E-state index is 13.0. The average molecular weight is 222 g/mol. The molecule has 0 aliphatic heterocycles.